The van der Waals surface area contributed by atoms with Gasteiger partial charge in [0, 0.05) is 10.2 Å². The normalized spacial score (nSPS) is 9.89. The van der Waals surface area contributed by atoms with Gasteiger partial charge in [-0.25, -0.2) is 0 Å². The summed E-state index contributed by atoms with van der Waals surface area (Å²) in [4.78, 5) is 23.1. The third kappa shape index (κ3) is 5.01. The molecular weight excluding hydrogens is 347 g/mol. The van der Waals surface area contributed by atoms with Crippen molar-refractivity contribution < 1.29 is 14.3 Å². The molecule has 0 saturated carbocycles. The molecule has 0 aliphatic rings. The molecule has 0 saturated heterocycles. The van der Waals surface area contributed by atoms with E-state index in [1.165, 1.54) is 0 Å². The minimum Gasteiger partial charge on any atom is -0.381 e. The summed E-state index contributed by atoms with van der Waals surface area (Å²) < 4.78 is 5.87. The third-order valence-corrected chi connectivity index (χ3v) is 3.05. The van der Waals surface area contributed by atoms with Crippen molar-refractivity contribution in [3.63, 3.8) is 0 Å². The number of nitrogens with one attached hydrogen (secondary N) is 2. The molecule has 0 bridgehead atoms. The van der Waals surface area contributed by atoms with Crippen molar-refractivity contribution in [1.82, 2.24) is 10.9 Å². The van der Waals surface area contributed by atoms with E-state index < -0.39 is 0 Å². The number of carbonyl (C=O) groups is 2. The number of hydrogen-bond donors (Lipinski definition) is 2. The predicted molar refractivity (Wildman–Crippen MR) is 75.9 cm³/mol. The zero-order valence-corrected chi connectivity index (χ0v) is 12.2. The molecule has 2 amide bonds. The number of amides is 2. The molecule has 1 aromatic carbocycles. The first-order valence-corrected chi connectivity index (χ1v) is 6.64. The highest BCUT2D eigenvalue weighted by molar-refractivity contribution is 14.1. The van der Waals surface area contributed by atoms with Gasteiger partial charge in [0.25, 0.3) is 5.91 Å². The van der Waals surface area contributed by atoms with E-state index in [1.807, 2.05) is 19.1 Å². The quantitative estimate of drug-likeness (QED) is 0.474. The lowest BCUT2D eigenvalue weighted by Crippen LogP contribution is -2.42. The predicted octanol–water partition coefficient (Wildman–Crippen LogP) is 1.48. The van der Waals surface area contributed by atoms with Gasteiger partial charge < -0.3 is 4.74 Å². The molecule has 6 heteroatoms. The first kappa shape index (κ1) is 14.9. The average Bonchev–Trinajstić information content (AvgIpc) is 2.37. The maximum Gasteiger partial charge on any atom is 0.270 e. The number of hydrazine groups is 1. The van der Waals surface area contributed by atoms with Gasteiger partial charge >= 0.3 is 0 Å². The molecule has 0 fully saturated rings. The highest BCUT2D eigenvalue weighted by atomic mass is 127. The SMILES string of the molecule is CCOCCC(=O)NNC(=O)c1ccccc1I. The van der Waals surface area contributed by atoms with Gasteiger partial charge in [0.05, 0.1) is 18.6 Å². The van der Waals surface area contributed by atoms with Gasteiger partial charge in [-0.05, 0) is 41.6 Å². The summed E-state index contributed by atoms with van der Waals surface area (Å²) in [5, 5.41) is 0. The highest BCUT2D eigenvalue weighted by Gasteiger charge is 2.09. The highest BCUT2D eigenvalue weighted by Crippen LogP contribution is 2.10. The monoisotopic (exact) mass is 362 g/mol. The molecule has 1 rings (SSSR count). The van der Waals surface area contributed by atoms with Crippen molar-refractivity contribution in [3.05, 3.63) is 33.4 Å². The van der Waals surface area contributed by atoms with Crippen LogP contribution in [0.3, 0.4) is 0 Å². The van der Waals surface area contributed by atoms with Gasteiger partial charge in [-0.2, -0.15) is 0 Å². The summed E-state index contributed by atoms with van der Waals surface area (Å²) in [7, 11) is 0. The van der Waals surface area contributed by atoms with Crippen LogP contribution in [0.5, 0.6) is 0 Å². The van der Waals surface area contributed by atoms with E-state index >= 15 is 0 Å². The second-order valence-electron chi connectivity index (χ2n) is 3.43. The number of carbonyl (C=O) groups excluding carboxylic acids is 2. The van der Waals surface area contributed by atoms with Crippen LogP contribution in [0.25, 0.3) is 0 Å². The second-order valence-corrected chi connectivity index (χ2v) is 4.59. The fraction of sp³-hybridized carbons (Fsp3) is 0.333. The molecule has 18 heavy (non-hydrogen) atoms. The number of rotatable bonds is 5. The van der Waals surface area contributed by atoms with E-state index in [1.54, 1.807) is 12.1 Å². The van der Waals surface area contributed by atoms with Crippen LogP contribution < -0.4 is 10.9 Å². The van der Waals surface area contributed by atoms with E-state index in [9.17, 15) is 9.59 Å². The van der Waals surface area contributed by atoms with Crippen LogP contribution in [0.4, 0.5) is 0 Å². The van der Waals surface area contributed by atoms with Gasteiger partial charge in [-0.1, -0.05) is 12.1 Å². The molecule has 0 aromatic heterocycles. The van der Waals surface area contributed by atoms with Gasteiger partial charge in [-0.15, -0.1) is 0 Å². The van der Waals surface area contributed by atoms with Crippen LogP contribution in [0.15, 0.2) is 24.3 Å². The molecule has 5 nitrogen and oxygen atoms in total. The lowest BCUT2D eigenvalue weighted by molar-refractivity contribution is -0.122. The van der Waals surface area contributed by atoms with Crippen LogP contribution >= 0.6 is 22.6 Å². The second kappa shape index (κ2) is 8.04. The number of ether oxygens (including phenoxy) is 1. The molecule has 98 valence electrons. The first-order valence-electron chi connectivity index (χ1n) is 5.56. The van der Waals surface area contributed by atoms with Gasteiger partial charge in [-0.3, -0.25) is 20.4 Å². The van der Waals surface area contributed by atoms with E-state index in [-0.39, 0.29) is 18.2 Å². The largest absolute Gasteiger partial charge is 0.381 e. The maximum absolute atomic E-state index is 11.7. The molecule has 0 aliphatic carbocycles. The summed E-state index contributed by atoms with van der Waals surface area (Å²) in [6.45, 7) is 2.78. The van der Waals surface area contributed by atoms with Crippen molar-refractivity contribution in [2.24, 2.45) is 0 Å². The topological polar surface area (TPSA) is 67.4 Å². The van der Waals surface area contributed by atoms with Gasteiger partial charge in [0.1, 0.15) is 0 Å². The van der Waals surface area contributed by atoms with Gasteiger partial charge in [0.15, 0.2) is 0 Å². The lowest BCUT2D eigenvalue weighted by Gasteiger charge is -2.08. The molecule has 0 radical (unpaired) electrons. The van der Waals surface area contributed by atoms with Crippen LogP contribution in [-0.2, 0) is 9.53 Å². The molecule has 1 aromatic rings. The van der Waals surface area contributed by atoms with Crippen molar-refractivity contribution in [2.45, 2.75) is 13.3 Å². The zero-order valence-electron chi connectivity index (χ0n) is 10.0. The summed E-state index contributed by atoms with van der Waals surface area (Å²) in [5.41, 5.74) is 5.24. The van der Waals surface area contributed by atoms with E-state index in [0.717, 1.165) is 3.57 Å². The summed E-state index contributed by atoms with van der Waals surface area (Å²) in [6, 6.07) is 7.14. The standard InChI is InChI=1S/C12H15IN2O3/c1-2-18-8-7-11(16)14-15-12(17)9-5-3-4-6-10(9)13/h3-6H,2,7-8H2,1H3,(H,14,16)(H,15,17). The Kier molecular flexibility index (Phi) is 6.66. The summed E-state index contributed by atoms with van der Waals surface area (Å²) >= 11 is 2.07. The summed E-state index contributed by atoms with van der Waals surface area (Å²) in [6.07, 6.45) is 0.222. The third-order valence-electron chi connectivity index (χ3n) is 2.11. The Morgan fingerprint density at radius 1 is 1.28 bits per heavy atom. The van der Waals surface area contributed by atoms with Crippen LogP contribution in [-0.4, -0.2) is 25.0 Å². The van der Waals surface area contributed by atoms with Crippen LogP contribution in [0, 0.1) is 3.57 Å². The fourth-order valence-electron chi connectivity index (χ4n) is 1.21. The molecule has 0 atom stereocenters. The number of benzene rings is 1. The lowest BCUT2D eigenvalue weighted by atomic mass is 10.2. The van der Waals surface area contributed by atoms with Crippen molar-refractivity contribution in [1.29, 1.82) is 0 Å². The molecule has 0 aliphatic heterocycles. The Morgan fingerprint density at radius 3 is 2.67 bits per heavy atom. The van der Waals surface area contributed by atoms with Crippen LogP contribution in [0.1, 0.15) is 23.7 Å². The molecular formula is C12H15IN2O3. The van der Waals surface area contributed by atoms with Gasteiger partial charge in [0.2, 0.25) is 5.91 Å². The number of hydrogen-bond acceptors (Lipinski definition) is 3. The Morgan fingerprint density at radius 2 is 2.00 bits per heavy atom. The Bertz CT molecular complexity index is 424. The maximum atomic E-state index is 11.7. The minimum atomic E-state index is -0.329. The van der Waals surface area contributed by atoms with E-state index in [2.05, 4.69) is 33.4 Å². The summed E-state index contributed by atoms with van der Waals surface area (Å²) in [5.74, 6) is -0.604. The van der Waals surface area contributed by atoms with E-state index in [0.29, 0.717) is 18.8 Å². The Hall–Kier alpha value is -1.15. The molecule has 0 unspecified atom stereocenters. The average molecular weight is 362 g/mol. The Labute approximate surface area is 119 Å². The zero-order chi connectivity index (χ0) is 13.4. The smallest absolute Gasteiger partial charge is 0.270 e. The van der Waals surface area contributed by atoms with Crippen molar-refractivity contribution in [2.75, 3.05) is 13.2 Å². The molecule has 0 spiro atoms. The Balaban J connectivity index is 2.38. The molecule has 0 heterocycles. The minimum absolute atomic E-state index is 0.222. The first-order chi connectivity index (χ1) is 8.65. The molecule has 2 N–H and O–H groups in total. The number of halogens is 1. The van der Waals surface area contributed by atoms with Crippen molar-refractivity contribution in [3.8, 4) is 0 Å². The van der Waals surface area contributed by atoms with Crippen molar-refractivity contribution >= 4 is 34.4 Å². The van der Waals surface area contributed by atoms with Crippen LogP contribution in [0.2, 0.25) is 0 Å². The van der Waals surface area contributed by atoms with E-state index in [4.69, 9.17) is 4.74 Å². The fourth-order valence-corrected chi connectivity index (χ4v) is 1.84.